The molecule has 3 rings (SSSR count). The summed E-state index contributed by atoms with van der Waals surface area (Å²) in [6, 6.07) is 6.64. The second kappa shape index (κ2) is 4.62. The lowest BCUT2D eigenvalue weighted by Gasteiger charge is -2.08. The second-order valence-corrected chi connectivity index (χ2v) is 5.14. The van der Waals surface area contributed by atoms with Crippen LogP contribution in [-0.4, -0.2) is 30.0 Å². The van der Waals surface area contributed by atoms with E-state index in [-0.39, 0.29) is 24.1 Å². The van der Waals surface area contributed by atoms with Crippen molar-refractivity contribution in [3.05, 3.63) is 39.9 Å². The summed E-state index contributed by atoms with van der Waals surface area (Å²) in [6.07, 6.45) is 0.0700. The second-order valence-electron chi connectivity index (χ2n) is 5.14. The van der Waals surface area contributed by atoms with Crippen LogP contribution in [0.5, 0.6) is 0 Å². The van der Waals surface area contributed by atoms with Gasteiger partial charge in [-0.2, -0.15) is 0 Å². The zero-order valence-corrected chi connectivity index (χ0v) is 10.3. The van der Waals surface area contributed by atoms with Gasteiger partial charge in [-0.25, -0.2) is 0 Å². The van der Waals surface area contributed by atoms with E-state index in [0.717, 1.165) is 13.1 Å². The van der Waals surface area contributed by atoms with Crippen molar-refractivity contribution in [2.24, 2.45) is 11.8 Å². The predicted molar refractivity (Wildman–Crippen MR) is 68.6 cm³/mol. The SMILES string of the molecule is O=C(Cc1ccccc1[N+](=O)[O-])NC1C2CNCC21. The monoisotopic (exact) mass is 261 g/mol. The number of amides is 1. The first kappa shape index (κ1) is 12.1. The molecule has 100 valence electrons. The molecule has 2 fully saturated rings. The zero-order chi connectivity index (χ0) is 13.4. The fraction of sp³-hybridized carbons (Fsp3) is 0.462. The van der Waals surface area contributed by atoms with Gasteiger partial charge in [-0.3, -0.25) is 14.9 Å². The number of rotatable bonds is 4. The maximum atomic E-state index is 11.9. The Morgan fingerprint density at radius 2 is 2.05 bits per heavy atom. The van der Waals surface area contributed by atoms with Crippen molar-refractivity contribution < 1.29 is 9.72 Å². The molecule has 0 bridgehead atoms. The smallest absolute Gasteiger partial charge is 0.273 e. The van der Waals surface area contributed by atoms with Gasteiger partial charge in [0.05, 0.1) is 11.3 Å². The molecule has 0 spiro atoms. The maximum Gasteiger partial charge on any atom is 0.273 e. The molecule has 0 radical (unpaired) electrons. The van der Waals surface area contributed by atoms with Crippen LogP contribution in [0.25, 0.3) is 0 Å². The summed E-state index contributed by atoms with van der Waals surface area (Å²) in [6.45, 7) is 1.92. The van der Waals surface area contributed by atoms with Gasteiger partial charge in [0.25, 0.3) is 5.69 Å². The van der Waals surface area contributed by atoms with Crippen LogP contribution in [-0.2, 0) is 11.2 Å². The lowest BCUT2D eigenvalue weighted by atomic mass is 10.1. The Kier molecular flexibility index (Phi) is 2.94. The van der Waals surface area contributed by atoms with Crippen molar-refractivity contribution in [3.8, 4) is 0 Å². The van der Waals surface area contributed by atoms with Crippen molar-refractivity contribution in [2.75, 3.05) is 13.1 Å². The third-order valence-corrected chi connectivity index (χ3v) is 3.96. The molecule has 6 heteroatoms. The minimum atomic E-state index is -0.446. The fourth-order valence-corrected chi connectivity index (χ4v) is 2.88. The van der Waals surface area contributed by atoms with Gasteiger partial charge in [0.2, 0.25) is 5.91 Å². The van der Waals surface area contributed by atoms with Crippen LogP contribution in [0.4, 0.5) is 5.69 Å². The summed E-state index contributed by atoms with van der Waals surface area (Å²) >= 11 is 0. The third-order valence-electron chi connectivity index (χ3n) is 3.96. The molecule has 0 aromatic heterocycles. The lowest BCUT2D eigenvalue weighted by Crippen LogP contribution is -2.33. The predicted octanol–water partition coefficient (Wildman–Crippen LogP) is 0.471. The first-order valence-electron chi connectivity index (χ1n) is 6.39. The van der Waals surface area contributed by atoms with Gasteiger partial charge in [-0.1, -0.05) is 18.2 Å². The number of carbonyl (C=O) groups is 1. The largest absolute Gasteiger partial charge is 0.352 e. The van der Waals surface area contributed by atoms with E-state index in [9.17, 15) is 14.9 Å². The summed E-state index contributed by atoms with van der Waals surface area (Å²) in [5.41, 5.74) is 0.476. The molecule has 1 aromatic rings. The molecule has 1 aliphatic carbocycles. The number of hydrogen-bond donors (Lipinski definition) is 2. The van der Waals surface area contributed by atoms with E-state index < -0.39 is 4.92 Å². The van der Waals surface area contributed by atoms with Crippen molar-refractivity contribution >= 4 is 11.6 Å². The number of hydrogen-bond acceptors (Lipinski definition) is 4. The minimum absolute atomic E-state index is 0.00954. The molecule has 1 amide bonds. The van der Waals surface area contributed by atoms with E-state index in [4.69, 9.17) is 0 Å². The topological polar surface area (TPSA) is 84.3 Å². The van der Waals surface area contributed by atoms with Gasteiger partial charge in [0, 0.05) is 30.8 Å². The van der Waals surface area contributed by atoms with E-state index in [0.29, 0.717) is 17.4 Å². The fourth-order valence-electron chi connectivity index (χ4n) is 2.88. The summed E-state index contributed by atoms with van der Waals surface area (Å²) in [5, 5.41) is 17.1. The van der Waals surface area contributed by atoms with E-state index in [2.05, 4.69) is 10.6 Å². The van der Waals surface area contributed by atoms with Crippen LogP contribution in [0.3, 0.4) is 0 Å². The van der Waals surface area contributed by atoms with Crippen molar-refractivity contribution in [3.63, 3.8) is 0 Å². The quantitative estimate of drug-likeness (QED) is 0.609. The highest BCUT2D eigenvalue weighted by atomic mass is 16.6. The Labute approximate surface area is 110 Å². The number of nitro benzene ring substituents is 1. The molecule has 19 heavy (non-hydrogen) atoms. The average molecular weight is 261 g/mol. The average Bonchev–Trinajstić information content (AvgIpc) is 2.83. The summed E-state index contributed by atoms with van der Waals surface area (Å²) < 4.78 is 0. The highest BCUT2D eigenvalue weighted by molar-refractivity contribution is 5.80. The molecule has 1 aliphatic heterocycles. The standard InChI is InChI=1S/C13H15N3O3/c17-12(15-13-9-6-14-7-10(9)13)5-8-3-1-2-4-11(8)16(18)19/h1-4,9-10,13-14H,5-7H2,(H,15,17). The van der Waals surface area contributed by atoms with Crippen LogP contribution in [0.2, 0.25) is 0 Å². The number of carbonyl (C=O) groups excluding carboxylic acids is 1. The number of fused-ring (bicyclic) bond motifs is 1. The number of nitrogens with zero attached hydrogens (tertiary/aromatic N) is 1. The van der Waals surface area contributed by atoms with Crippen LogP contribution >= 0.6 is 0 Å². The molecule has 2 N–H and O–H groups in total. The van der Waals surface area contributed by atoms with Crippen molar-refractivity contribution in [2.45, 2.75) is 12.5 Å². The third kappa shape index (κ3) is 2.31. The molecule has 1 saturated carbocycles. The van der Waals surface area contributed by atoms with Crippen molar-refractivity contribution in [1.29, 1.82) is 0 Å². The Bertz CT molecular complexity index is 522. The lowest BCUT2D eigenvalue weighted by molar-refractivity contribution is -0.385. The van der Waals surface area contributed by atoms with Gasteiger partial charge in [0.1, 0.15) is 0 Å². The highest BCUT2D eigenvalue weighted by Gasteiger charge is 2.53. The van der Waals surface area contributed by atoms with Crippen LogP contribution in [0.15, 0.2) is 24.3 Å². The Hall–Kier alpha value is -1.95. The Balaban J connectivity index is 1.62. The molecule has 1 heterocycles. The molecular formula is C13H15N3O3. The van der Waals surface area contributed by atoms with Crippen LogP contribution in [0, 0.1) is 22.0 Å². The van der Waals surface area contributed by atoms with E-state index >= 15 is 0 Å². The number of benzene rings is 1. The van der Waals surface area contributed by atoms with Gasteiger partial charge in [-0.15, -0.1) is 0 Å². The number of para-hydroxylation sites is 1. The van der Waals surface area contributed by atoms with E-state index in [1.165, 1.54) is 6.07 Å². The number of nitrogens with one attached hydrogen (secondary N) is 2. The molecule has 2 atom stereocenters. The Morgan fingerprint density at radius 1 is 1.37 bits per heavy atom. The van der Waals surface area contributed by atoms with Gasteiger partial charge < -0.3 is 10.6 Å². The summed E-state index contributed by atoms with van der Waals surface area (Å²) in [5.74, 6) is 0.970. The maximum absolute atomic E-state index is 11.9. The summed E-state index contributed by atoms with van der Waals surface area (Å²) in [7, 11) is 0. The molecule has 6 nitrogen and oxygen atoms in total. The molecule has 1 aromatic carbocycles. The molecule has 2 unspecified atom stereocenters. The van der Waals surface area contributed by atoms with Gasteiger partial charge in [-0.05, 0) is 11.8 Å². The number of piperidine rings is 1. The first-order valence-corrected chi connectivity index (χ1v) is 6.39. The molecule has 2 aliphatic rings. The number of nitro groups is 1. The van der Waals surface area contributed by atoms with Crippen molar-refractivity contribution in [1.82, 2.24) is 10.6 Å². The van der Waals surface area contributed by atoms with E-state index in [1.54, 1.807) is 18.2 Å². The highest BCUT2D eigenvalue weighted by Crippen LogP contribution is 2.41. The van der Waals surface area contributed by atoms with Gasteiger partial charge >= 0.3 is 0 Å². The van der Waals surface area contributed by atoms with Crippen LogP contribution in [0.1, 0.15) is 5.56 Å². The van der Waals surface area contributed by atoms with E-state index in [1.807, 2.05) is 0 Å². The summed E-state index contributed by atoms with van der Waals surface area (Å²) in [4.78, 5) is 22.3. The van der Waals surface area contributed by atoms with Crippen LogP contribution < -0.4 is 10.6 Å². The first-order chi connectivity index (χ1) is 9.16. The van der Waals surface area contributed by atoms with Gasteiger partial charge in [0.15, 0.2) is 0 Å². The zero-order valence-electron chi connectivity index (χ0n) is 10.3. The minimum Gasteiger partial charge on any atom is -0.352 e. The molecule has 1 saturated heterocycles. The normalized spacial score (nSPS) is 27.7. The molecular weight excluding hydrogens is 246 g/mol. The Morgan fingerprint density at radius 3 is 2.74 bits per heavy atom.